The number of guanidine groups is 1. The zero-order valence-electron chi connectivity index (χ0n) is 21.4. The van der Waals surface area contributed by atoms with Crippen molar-refractivity contribution in [2.24, 2.45) is 5.73 Å². The highest BCUT2D eigenvalue weighted by Gasteiger charge is 2.38. The van der Waals surface area contributed by atoms with Crippen molar-refractivity contribution in [1.82, 2.24) is 4.90 Å². The van der Waals surface area contributed by atoms with Crippen LogP contribution in [0.4, 0.5) is 5.69 Å². The van der Waals surface area contributed by atoms with Crippen LogP contribution >= 0.6 is 0 Å². The minimum atomic E-state index is -0.573. The Morgan fingerprint density at radius 1 is 0.895 bits per heavy atom. The Balaban J connectivity index is 1.24. The second-order valence-electron chi connectivity index (χ2n) is 9.73. The molecule has 4 aromatic rings. The fraction of sp³-hybridized carbons (Fsp3) is 0.188. The molecule has 4 aromatic carbocycles. The third-order valence-corrected chi connectivity index (χ3v) is 6.88. The topological polar surface area (TPSA) is 91.4 Å². The van der Waals surface area contributed by atoms with E-state index in [9.17, 15) is 4.79 Å². The summed E-state index contributed by atoms with van der Waals surface area (Å²) in [6.45, 7) is 2.91. The maximum atomic E-state index is 13.3. The van der Waals surface area contributed by atoms with Crippen molar-refractivity contribution < 1.29 is 9.53 Å². The van der Waals surface area contributed by atoms with Gasteiger partial charge in [-0.1, -0.05) is 90.5 Å². The summed E-state index contributed by atoms with van der Waals surface area (Å²) in [5, 5.41) is 11.1. The van der Waals surface area contributed by atoms with Gasteiger partial charge in [0.15, 0.2) is 5.96 Å². The average molecular weight is 505 g/mol. The molecule has 0 bridgehead atoms. The molecule has 0 aliphatic carbocycles. The molecule has 0 saturated carbocycles. The average Bonchev–Trinajstić information content (AvgIpc) is 3.38. The molecule has 1 aliphatic rings. The maximum Gasteiger partial charge on any atom is 0.247 e. The van der Waals surface area contributed by atoms with Gasteiger partial charge in [-0.3, -0.25) is 10.2 Å². The number of likely N-dealkylation sites (tertiary alicyclic amines) is 1. The smallest absolute Gasteiger partial charge is 0.247 e. The maximum absolute atomic E-state index is 13.3. The van der Waals surface area contributed by atoms with Crippen LogP contribution < -0.4 is 11.1 Å². The Morgan fingerprint density at radius 2 is 1.55 bits per heavy atom. The largest absolute Gasteiger partial charge is 0.372 e. The molecule has 0 aromatic heterocycles. The standard InChI is InChI=1S/C32H32N4O2/c1-22-8-5-12-25(16-22)26-13-6-9-23(17-26)21-38-29-19-30(36(20-29)32(33)34)31(37)35-28-15-7-14-27(18-28)24-10-3-2-4-11-24/h2-18,29-30H,19-21H2,1H3,(H3,33,34)(H,35,37)/t29-,30+/m1/s1. The Kier molecular flexibility index (Phi) is 7.52. The van der Waals surface area contributed by atoms with Gasteiger partial charge in [-0.2, -0.15) is 0 Å². The molecular formula is C32H32N4O2. The molecule has 192 valence electrons. The van der Waals surface area contributed by atoms with E-state index in [0.717, 1.165) is 22.3 Å². The van der Waals surface area contributed by atoms with E-state index in [-0.39, 0.29) is 18.0 Å². The summed E-state index contributed by atoms with van der Waals surface area (Å²) >= 11 is 0. The van der Waals surface area contributed by atoms with Gasteiger partial charge in [0.1, 0.15) is 6.04 Å². The summed E-state index contributed by atoms with van der Waals surface area (Å²) in [5.41, 5.74) is 13.3. The Hall–Kier alpha value is -4.42. The van der Waals surface area contributed by atoms with Crippen LogP contribution in [0.3, 0.4) is 0 Å². The van der Waals surface area contributed by atoms with Crippen LogP contribution in [-0.2, 0) is 16.1 Å². The van der Waals surface area contributed by atoms with E-state index < -0.39 is 6.04 Å². The van der Waals surface area contributed by atoms with Crippen LogP contribution in [0.2, 0.25) is 0 Å². The van der Waals surface area contributed by atoms with Crippen LogP contribution in [0.25, 0.3) is 22.3 Å². The minimum Gasteiger partial charge on any atom is -0.372 e. The molecule has 0 spiro atoms. The van der Waals surface area contributed by atoms with Gasteiger partial charge in [0.05, 0.1) is 12.7 Å². The Morgan fingerprint density at radius 3 is 2.29 bits per heavy atom. The van der Waals surface area contributed by atoms with Crippen molar-refractivity contribution in [2.75, 3.05) is 11.9 Å². The van der Waals surface area contributed by atoms with E-state index in [4.69, 9.17) is 15.9 Å². The van der Waals surface area contributed by atoms with E-state index in [1.54, 1.807) is 4.90 Å². The molecule has 2 atom stereocenters. The van der Waals surface area contributed by atoms with Gasteiger partial charge >= 0.3 is 0 Å². The van der Waals surface area contributed by atoms with Crippen LogP contribution in [0.15, 0.2) is 103 Å². The van der Waals surface area contributed by atoms with E-state index >= 15 is 0 Å². The lowest BCUT2D eigenvalue weighted by molar-refractivity contribution is -0.119. The van der Waals surface area contributed by atoms with Gasteiger partial charge in [0.2, 0.25) is 5.91 Å². The summed E-state index contributed by atoms with van der Waals surface area (Å²) in [6.07, 6.45) is 0.245. The second kappa shape index (κ2) is 11.3. The molecule has 1 amide bonds. The zero-order valence-corrected chi connectivity index (χ0v) is 21.4. The summed E-state index contributed by atoms with van der Waals surface area (Å²) in [7, 11) is 0. The summed E-state index contributed by atoms with van der Waals surface area (Å²) in [4.78, 5) is 14.9. The van der Waals surface area contributed by atoms with Crippen molar-refractivity contribution in [3.05, 3.63) is 114 Å². The molecule has 1 heterocycles. The van der Waals surface area contributed by atoms with Gasteiger partial charge in [-0.15, -0.1) is 0 Å². The van der Waals surface area contributed by atoms with E-state index in [1.165, 1.54) is 11.1 Å². The molecule has 38 heavy (non-hydrogen) atoms. The molecule has 0 unspecified atom stereocenters. The monoisotopic (exact) mass is 504 g/mol. The number of rotatable bonds is 7. The molecule has 6 heteroatoms. The van der Waals surface area contributed by atoms with Crippen molar-refractivity contribution >= 4 is 17.6 Å². The molecule has 5 rings (SSSR count). The number of hydrogen-bond donors (Lipinski definition) is 3. The second-order valence-corrected chi connectivity index (χ2v) is 9.73. The number of nitrogens with two attached hydrogens (primary N) is 1. The zero-order chi connectivity index (χ0) is 26.5. The number of nitrogens with one attached hydrogen (secondary N) is 2. The fourth-order valence-corrected chi connectivity index (χ4v) is 4.95. The first-order chi connectivity index (χ1) is 18.5. The van der Waals surface area contributed by atoms with E-state index in [0.29, 0.717) is 25.3 Å². The summed E-state index contributed by atoms with van der Waals surface area (Å²) in [6, 6.07) is 33.9. The van der Waals surface area contributed by atoms with E-state index in [1.807, 2.05) is 66.7 Å². The number of amides is 1. The third kappa shape index (κ3) is 5.93. The molecule has 1 aliphatic heterocycles. The van der Waals surface area contributed by atoms with Crippen molar-refractivity contribution in [2.45, 2.75) is 32.1 Å². The number of nitrogens with zero attached hydrogens (tertiary/aromatic N) is 1. The number of carbonyl (C=O) groups excluding carboxylic acids is 1. The van der Waals surface area contributed by atoms with Gasteiger partial charge in [0.25, 0.3) is 0 Å². The number of ether oxygens (including phenoxy) is 1. The van der Waals surface area contributed by atoms with Crippen molar-refractivity contribution in [3.8, 4) is 22.3 Å². The van der Waals surface area contributed by atoms with Crippen LogP contribution in [-0.4, -0.2) is 35.5 Å². The van der Waals surface area contributed by atoms with Gasteiger partial charge in [-0.05, 0) is 52.9 Å². The first kappa shape index (κ1) is 25.2. The quantitative estimate of drug-likeness (QED) is 0.218. The lowest BCUT2D eigenvalue weighted by Crippen LogP contribution is -2.46. The molecule has 1 saturated heterocycles. The molecule has 1 fully saturated rings. The summed E-state index contributed by atoms with van der Waals surface area (Å²) in [5.74, 6) is -0.325. The predicted molar refractivity (Wildman–Crippen MR) is 153 cm³/mol. The normalized spacial score (nSPS) is 16.8. The number of aryl methyl sites for hydroxylation is 1. The van der Waals surface area contributed by atoms with Crippen molar-refractivity contribution in [1.29, 1.82) is 5.41 Å². The van der Waals surface area contributed by atoms with Gasteiger partial charge in [-0.25, -0.2) is 0 Å². The number of anilines is 1. The van der Waals surface area contributed by atoms with Crippen LogP contribution in [0.1, 0.15) is 17.5 Å². The number of benzene rings is 4. The fourth-order valence-electron chi connectivity index (χ4n) is 4.95. The minimum absolute atomic E-state index is 0.129. The first-order valence-electron chi connectivity index (χ1n) is 12.8. The van der Waals surface area contributed by atoms with Gasteiger partial charge in [0, 0.05) is 18.7 Å². The summed E-state index contributed by atoms with van der Waals surface area (Å²) < 4.78 is 6.22. The predicted octanol–water partition coefficient (Wildman–Crippen LogP) is 5.82. The van der Waals surface area contributed by atoms with Crippen LogP contribution in [0.5, 0.6) is 0 Å². The molecular weight excluding hydrogens is 472 g/mol. The highest BCUT2D eigenvalue weighted by Crippen LogP contribution is 2.26. The number of carbonyl (C=O) groups is 1. The number of hydrogen-bond acceptors (Lipinski definition) is 3. The first-order valence-corrected chi connectivity index (χ1v) is 12.8. The lowest BCUT2D eigenvalue weighted by Gasteiger charge is -2.23. The Labute approximate surface area is 223 Å². The van der Waals surface area contributed by atoms with E-state index in [2.05, 4.69) is 48.6 Å². The van der Waals surface area contributed by atoms with Crippen LogP contribution in [0, 0.1) is 12.3 Å². The lowest BCUT2D eigenvalue weighted by atomic mass is 10.0. The Bertz CT molecular complexity index is 1440. The van der Waals surface area contributed by atoms with Gasteiger partial charge < -0.3 is 20.7 Å². The molecule has 6 nitrogen and oxygen atoms in total. The SMILES string of the molecule is Cc1cccc(-c2cccc(CO[C@@H]3C[C@@H](C(=O)Nc4cccc(-c5ccccc5)c4)N(C(=N)N)C3)c2)c1. The third-order valence-electron chi connectivity index (χ3n) is 6.88. The highest BCUT2D eigenvalue weighted by molar-refractivity contribution is 5.98. The van der Waals surface area contributed by atoms with Crippen molar-refractivity contribution in [3.63, 3.8) is 0 Å². The highest BCUT2D eigenvalue weighted by atomic mass is 16.5. The molecule has 4 N–H and O–H groups in total. The molecule has 0 radical (unpaired) electrons.